The van der Waals surface area contributed by atoms with Crippen molar-refractivity contribution in [1.82, 2.24) is 20.7 Å². The Balaban J connectivity index is 1.86. The number of carbonyl (C=O) groups excluding carboxylic acids is 1. The Morgan fingerprint density at radius 1 is 1.03 bits per heavy atom. The highest BCUT2D eigenvalue weighted by molar-refractivity contribution is 5.81. The topological polar surface area (TPSA) is 79.9 Å². The SMILES string of the molecule is CC(=O)ONC(c1cn[nH]c1)c1cnc(-c2ccccc2)c(-c2ccccc2F)c1. The Bertz CT molecular complexity index is 1150. The minimum atomic E-state index is -0.532. The molecular weight excluding hydrogens is 383 g/mol. The van der Waals surface area contributed by atoms with Crippen LogP contribution < -0.4 is 5.48 Å². The molecule has 0 saturated carbocycles. The molecule has 4 aromatic rings. The van der Waals surface area contributed by atoms with Gasteiger partial charge in [-0.2, -0.15) is 5.10 Å². The van der Waals surface area contributed by atoms with Gasteiger partial charge in [-0.1, -0.05) is 48.5 Å². The van der Waals surface area contributed by atoms with E-state index in [0.717, 1.165) is 11.1 Å². The molecule has 4 rings (SSSR count). The normalized spacial score (nSPS) is 11.8. The molecule has 150 valence electrons. The predicted octanol–water partition coefficient (Wildman–Crippen LogP) is 4.43. The van der Waals surface area contributed by atoms with Gasteiger partial charge in [0.05, 0.1) is 17.9 Å². The van der Waals surface area contributed by atoms with Crippen LogP contribution in [-0.2, 0) is 9.63 Å². The number of halogens is 1. The molecule has 7 heteroatoms. The maximum atomic E-state index is 14.7. The van der Waals surface area contributed by atoms with Crippen LogP contribution in [0.15, 0.2) is 79.3 Å². The van der Waals surface area contributed by atoms with Crippen molar-refractivity contribution in [3.8, 4) is 22.4 Å². The molecule has 2 N–H and O–H groups in total. The van der Waals surface area contributed by atoms with E-state index in [1.807, 2.05) is 36.4 Å². The van der Waals surface area contributed by atoms with Crippen molar-refractivity contribution in [2.75, 3.05) is 0 Å². The van der Waals surface area contributed by atoms with Crippen LogP contribution in [0.25, 0.3) is 22.4 Å². The zero-order chi connectivity index (χ0) is 20.9. The smallest absolute Gasteiger partial charge is 0.321 e. The fourth-order valence-electron chi connectivity index (χ4n) is 3.24. The molecule has 0 amide bonds. The van der Waals surface area contributed by atoms with Gasteiger partial charge in [0.2, 0.25) is 0 Å². The first-order valence-electron chi connectivity index (χ1n) is 9.35. The molecule has 6 nitrogen and oxygen atoms in total. The molecule has 1 atom stereocenters. The van der Waals surface area contributed by atoms with E-state index in [9.17, 15) is 9.18 Å². The van der Waals surface area contributed by atoms with Crippen molar-refractivity contribution in [3.05, 3.63) is 96.2 Å². The fraction of sp³-hybridized carbons (Fsp3) is 0.0870. The van der Waals surface area contributed by atoms with Crippen LogP contribution >= 0.6 is 0 Å². The predicted molar refractivity (Wildman–Crippen MR) is 110 cm³/mol. The Labute approximate surface area is 172 Å². The number of hydrogen-bond donors (Lipinski definition) is 2. The summed E-state index contributed by atoms with van der Waals surface area (Å²) in [4.78, 5) is 21.0. The molecule has 0 aliphatic carbocycles. The molecule has 0 aliphatic rings. The van der Waals surface area contributed by atoms with Crippen LogP contribution in [0.5, 0.6) is 0 Å². The number of benzene rings is 2. The van der Waals surface area contributed by atoms with Gasteiger partial charge in [-0.3, -0.25) is 14.9 Å². The van der Waals surface area contributed by atoms with Gasteiger partial charge in [0.1, 0.15) is 5.82 Å². The highest BCUT2D eigenvalue weighted by Crippen LogP contribution is 2.34. The van der Waals surface area contributed by atoms with Crippen molar-refractivity contribution in [3.63, 3.8) is 0 Å². The minimum absolute atomic E-state index is 0.346. The molecular formula is C23H19FN4O2. The third-order valence-electron chi connectivity index (χ3n) is 4.63. The Hall–Kier alpha value is -3.84. The van der Waals surface area contributed by atoms with Crippen LogP contribution in [0.1, 0.15) is 24.1 Å². The highest BCUT2D eigenvalue weighted by Gasteiger charge is 2.21. The third kappa shape index (κ3) is 4.11. The first-order valence-corrected chi connectivity index (χ1v) is 9.35. The number of H-pyrrole nitrogens is 1. The number of hydrogen-bond acceptors (Lipinski definition) is 5. The van der Waals surface area contributed by atoms with Crippen molar-refractivity contribution in [1.29, 1.82) is 0 Å². The van der Waals surface area contributed by atoms with Gasteiger partial charge in [-0.25, -0.2) is 4.39 Å². The molecule has 2 aromatic heterocycles. The zero-order valence-corrected chi connectivity index (χ0v) is 16.2. The average Bonchev–Trinajstić information content (AvgIpc) is 3.29. The summed E-state index contributed by atoms with van der Waals surface area (Å²) < 4.78 is 14.7. The van der Waals surface area contributed by atoms with Crippen molar-refractivity contribution >= 4 is 5.97 Å². The molecule has 0 radical (unpaired) electrons. The van der Waals surface area contributed by atoms with Crippen LogP contribution in [-0.4, -0.2) is 21.2 Å². The minimum Gasteiger partial charge on any atom is -0.370 e. The molecule has 2 aromatic carbocycles. The van der Waals surface area contributed by atoms with E-state index in [4.69, 9.17) is 4.84 Å². The van der Waals surface area contributed by atoms with Crippen molar-refractivity contribution in [2.24, 2.45) is 0 Å². The van der Waals surface area contributed by atoms with Gasteiger partial charge >= 0.3 is 5.97 Å². The summed E-state index contributed by atoms with van der Waals surface area (Å²) in [6, 6.07) is 17.5. The van der Waals surface area contributed by atoms with Crippen LogP contribution in [0.4, 0.5) is 4.39 Å². The number of pyridine rings is 1. The van der Waals surface area contributed by atoms with Gasteiger partial charge in [-0.05, 0) is 17.7 Å². The second kappa shape index (κ2) is 8.67. The summed E-state index contributed by atoms with van der Waals surface area (Å²) in [5.74, 6) is -0.826. The monoisotopic (exact) mass is 402 g/mol. The number of aromatic amines is 1. The van der Waals surface area contributed by atoms with Gasteiger partial charge in [0, 0.05) is 41.6 Å². The van der Waals surface area contributed by atoms with E-state index < -0.39 is 12.0 Å². The molecule has 1 unspecified atom stereocenters. The van der Waals surface area contributed by atoms with Gasteiger partial charge in [0.15, 0.2) is 0 Å². The molecule has 0 saturated heterocycles. The van der Waals surface area contributed by atoms with Gasteiger partial charge in [-0.15, -0.1) is 5.48 Å². The van der Waals surface area contributed by atoms with E-state index in [1.165, 1.54) is 13.0 Å². The van der Waals surface area contributed by atoms with Crippen LogP contribution in [0.3, 0.4) is 0 Å². The van der Waals surface area contributed by atoms with E-state index >= 15 is 0 Å². The zero-order valence-electron chi connectivity index (χ0n) is 16.2. The van der Waals surface area contributed by atoms with E-state index in [1.54, 1.807) is 36.8 Å². The largest absolute Gasteiger partial charge is 0.370 e. The Morgan fingerprint density at radius 3 is 2.50 bits per heavy atom. The Kier molecular flexibility index (Phi) is 5.63. The lowest BCUT2D eigenvalue weighted by Crippen LogP contribution is -2.25. The molecule has 0 fully saturated rings. The fourth-order valence-corrected chi connectivity index (χ4v) is 3.24. The second-order valence-corrected chi connectivity index (χ2v) is 6.69. The first-order chi connectivity index (χ1) is 14.6. The molecule has 0 spiro atoms. The molecule has 0 aliphatic heterocycles. The summed E-state index contributed by atoms with van der Waals surface area (Å²) in [7, 11) is 0. The lowest BCUT2D eigenvalue weighted by atomic mass is 9.94. The summed E-state index contributed by atoms with van der Waals surface area (Å²) in [6.45, 7) is 1.31. The summed E-state index contributed by atoms with van der Waals surface area (Å²) in [5.41, 5.74) is 6.77. The summed E-state index contributed by atoms with van der Waals surface area (Å²) >= 11 is 0. The maximum absolute atomic E-state index is 14.7. The second-order valence-electron chi connectivity index (χ2n) is 6.69. The van der Waals surface area contributed by atoms with Gasteiger partial charge < -0.3 is 4.84 Å². The molecule has 30 heavy (non-hydrogen) atoms. The Morgan fingerprint density at radius 2 is 1.80 bits per heavy atom. The number of carbonyl (C=O) groups is 1. The number of hydroxylamine groups is 1. The number of aromatic nitrogens is 3. The van der Waals surface area contributed by atoms with Gasteiger partial charge in [0.25, 0.3) is 0 Å². The highest BCUT2D eigenvalue weighted by atomic mass is 19.1. The summed E-state index contributed by atoms with van der Waals surface area (Å²) in [6.07, 6.45) is 4.99. The molecule has 0 bridgehead atoms. The van der Waals surface area contributed by atoms with Crippen molar-refractivity contribution in [2.45, 2.75) is 13.0 Å². The lowest BCUT2D eigenvalue weighted by Gasteiger charge is -2.19. The first kappa shape index (κ1) is 19.5. The van der Waals surface area contributed by atoms with E-state index in [2.05, 4.69) is 20.7 Å². The van der Waals surface area contributed by atoms with Crippen LogP contribution in [0, 0.1) is 5.82 Å². The summed E-state index contributed by atoms with van der Waals surface area (Å²) in [5, 5.41) is 6.72. The third-order valence-corrected chi connectivity index (χ3v) is 4.63. The van der Waals surface area contributed by atoms with Crippen molar-refractivity contribution < 1.29 is 14.0 Å². The van der Waals surface area contributed by atoms with Crippen LogP contribution in [0.2, 0.25) is 0 Å². The number of nitrogens with one attached hydrogen (secondary N) is 2. The lowest BCUT2D eigenvalue weighted by molar-refractivity contribution is -0.149. The molecule has 2 heterocycles. The average molecular weight is 402 g/mol. The quantitative estimate of drug-likeness (QED) is 0.466. The van der Waals surface area contributed by atoms with E-state index in [-0.39, 0.29) is 5.82 Å². The standard InChI is InChI=1S/C23H19FN4O2/c1-15(29)30-28-22(18-13-26-27-14-18)17-11-20(19-9-5-6-10-21(19)24)23(25-12-17)16-7-3-2-4-8-16/h2-14,22,28H,1H3,(H,26,27). The number of nitrogens with zero attached hydrogens (tertiary/aromatic N) is 2. The maximum Gasteiger partial charge on any atom is 0.321 e. The number of rotatable bonds is 6. The van der Waals surface area contributed by atoms with E-state index in [0.29, 0.717) is 22.4 Å².